The number of hydrogen-bond acceptors (Lipinski definition) is 5. The van der Waals surface area contributed by atoms with Crippen molar-refractivity contribution in [2.24, 2.45) is 0 Å². The van der Waals surface area contributed by atoms with Crippen LogP contribution in [0.3, 0.4) is 0 Å². The molecule has 1 aliphatic rings. The molecule has 0 saturated carbocycles. The first-order valence-corrected chi connectivity index (χ1v) is 10.2. The SMILES string of the molecule is O=C1c2ccccc2C(=O)c2cc(Sc3ccc(S(=O)(=O)O)cc3)ccc21. The van der Waals surface area contributed by atoms with Gasteiger partial charge in [-0.15, -0.1) is 0 Å². The maximum atomic E-state index is 12.8. The molecule has 0 heterocycles. The molecule has 0 amide bonds. The van der Waals surface area contributed by atoms with Crippen LogP contribution in [0.15, 0.2) is 81.4 Å². The fraction of sp³-hybridized carbons (Fsp3) is 0. The van der Waals surface area contributed by atoms with E-state index >= 15 is 0 Å². The van der Waals surface area contributed by atoms with Gasteiger partial charge in [-0.05, 0) is 42.5 Å². The van der Waals surface area contributed by atoms with Crippen molar-refractivity contribution >= 4 is 33.4 Å². The van der Waals surface area contributed by atoms with Crippen molar-refractivity contribution < 1.29 is 22.6 Å². The molecular formula is C20H12O5S2. The molecule has 0 bridgehead atoms. The maximum Gasteiger partial charge on any atom is 0.294 e. The van der Waals surface area contributed by atoms with Crippen LogP contribution < -0.4 is 0 Å². The minimum atomic E-state index is -4.24. The number of hydrogen-bond donors (Lipinski definition) is 1. The molecule has 5 nitrogen and oxygen atoms in total. The lowest BCUT2D eigenvalue weighted by molar-refractivity contribution is 0.0979. The molecule has 3 aromatic rings. The second-order valence-electron chi connectivity index (χ2n) is 5.96. The van der Waals surface area contributed by atoms with Gasteiger partial charge in [-0.3, -0.25) is 14.1 Å². The first kappa shape index (κ1) is 17.7. The van der Waals surface area contributed by atoms with Crippen molar-refractivity contribution in [3.05, 3.63) is 89.0 Å². The Bertz CT molecular complexity index is 1200. The second-order valence-corrected chi connectivity index (χ2v) is 8.53. The van der Waals surface area contributed by atoms with E-state index in [0.717, 1.165) is 9.79 Å². The normalized spacial score (nSPS) is 13.2. The van der Waals surface area contributed by atoms with Crippen LogP contribution in [-0.2, 0) is 10.1 Å². The summed E-state index contributed by atoms with van der Waals surface area (Å²) in [5, 5.41) is 0. The van der Waals surface area contributed by atoms with Gasteiger partial charge in [0.1, 0.15) is 0 Å². The molecule has 0 fully saturated rings. The molecule has 0 radical (unpaired) electrons. The monoisotopic (exact) mass is 396 g/mol. The number of carbonyl (C=O) groups excluding carboxylic acids is 2. The average Bonchev–Trinajstić information content (AvgIpc) is 2.66. The van der Waals surface area contributed by atoms with E-state index in [1.54, 1.807) is 54.6 Å². The summed E-state index contributed by atoms with van der Waals surface area (Å²) in [7, 11) is -4.24. The van der Waals surface area contributed by atoms with E-state index in [9.17, 15) is 18.0 Å². The van der Waals surface area contributed by atoms with E-state index in [2.05, 4.69) is 0 Å². The van der Waals surface area contributed by atoms with Gasteiger partial charge in [-0.1, -0.05) is 36.0 Å². The first-order valence-electron chi connectivity index (χ1n) is 7.92. The van der Waals surface area contributed by atoms with Crippen LogP contribution in [0.1, 0.15) is 31.8 Å². The summed E-state index contributed by atoms with van der Waals surface area (Å²) in [6, 6.07) is 17.6. The van der Waals surface area contributed by atoms with Crippen LogP contribution in [0.5, 0.6) is 0 Å². The lowest BCUT2D eigenvalue weighted by Gasteiger charge is -2.17. The number of benzene rings is 3. The van der Waals surface area contributed by atoms with Gasteiger partial charge in [0.15, 0.2) is 11.6 Å². The first-order chi connectivity index (χ1) is 12.8. The lowest BCUT2D eigenvalue weighted by Crippen LogP contribution is -2.20. The third-order valence-corrected chi connectivity index (χ3v) is 6.12. The number of rotatable bonds is 3. The van der Waals surface area contributed by atoms with E-state index < -0.39 is 10.1 Å². The van der Waals surface area contributed by atoms with E-state index in [1.807, 2.05) is 0 Å². The highest BCUT2D eigenvalue weighted by Gasteiger charge is 2.29. The highest BCUT2D eigenvalue weighted by atomic mass is 32.2. The summed E-state index contributed by atoms with van der Waals surface area (Å²) in [6.07, 6.45) is 0. The van der Waals surface area contributed by atoms with Gasteiger partial charge >= 0.3 is 0 Å². The Labute approximate surface area is 159 Å². The van der Waals surface area contributed by atoms with Gasteiger partial charge in [0.25, 0.3) is 10.1 Å². The van der Waals surface area contributed by atoms with E-state index in [1.165, 1.54) is 23.9 Å². The molecule has 0 aliphatic heterocycles. The van der Waals surface area contributed by atoms with E-state index in [-0.39, 0.29) is 16.5 Å². The molecule has 0 unspecified atom stereocenters. The molecule has 0 atom stereocenters. The molecule has 0 spiro atoms. The Morgan fingerprint density at radius 2 is 1.19 bits per heavy atom. The molecule has 27 heavy (non-hydrogen) atoms. The van der Waals surface area contributed by atoms with Crippen LogP contribution in [0.4, 0.5) is 0 Å². The Balaban J connectivity index is 1.68. The molecule has 7 heteroatoms. The molecule has 1 N–H and O–H groups in total. The number of carbonyl (C=O) groups is 2. The van der Waals surface area contributed by atoms with Gasteiger partial charge in [0.2, 0.25) is 0 Å². The quantitative estimate of drug-likeness (QED) is 0.529. The molecule has 134 valence electrons. The fourth-order valence-corrected chi connectivity index (χ4v) is 4.29. The van der Waals surface area contributed by atoms with Gasteiger partial charge < -0.3 is 0 Å². The van der Waals surface area contributed by atoms with Crippen LogP contribution in [0, 0.1) is 0 Å². The maximum absolute atomic E-state index is 12.8. The number of ketones is 2. The Kier molecular flexibility index (Phi) is 4.22. The van der Waals surface area contributed by atoms with Crippen molar-refractivity contribution in [1.82, 2.24) is 0 Å². The highest BCUT2D eigenvalue weighted by Crippen LogP contribution is 2.33. The summed E-state index contributed by atoms with van der Waals surface area (Å²) in [6.45, 7) is 0. The summed E-state index contributed by atoms with van der Waals surface area (Å²) >= 11 is 1.32. The fourth-order valence-electron chi connectivity index (χ4n) is 2.96. The minimum Gasteiger partial charge on any atom is -0.289 e. The third-order valence-electron chi connectivity index (χ3n) is 4.25. The van der Waals surface area contributed by atoms with Crippen molar-refractivity contribution in [1.29, 1.82) is 0 Å². The molecule has 0 saturated heterocycles. The van der Waals surface area contributed by atoms with Crippen molar-refractivity contribution in [3.63, 3.8) is 0 Å². The summed E-state index contributed by atoms with van der Waals surface area (Å²) in [4.78, 5) is 26.7. The largest absolute Gasteiger partial charge is 0.294 e. The van der Waals surface area contributed by atoms with Crippen LogP contribution in [0.2, 0.25) is 0 Å². The summed E-state index contributed by atoms with van der Waals surface area (Å²) in [5.74, 6) is -0.362. The number of fused-ring (bicyclic) bond motifs is 2. The van der Waals surface area contributed by atoms with Gasteiger partial charge in [-0.2, -0.15) is 8.42 Å². The molecule has 1 aliphatic carbocycles. The predicted octanol–water partition coefficient (Wildman–Crippen LogP) is 3.86. The standard InChI is InChI=1S/C20H12O5S2/c21-19-15-3-1-2-4-16(15)20(22)18-11-13(7-10-17(18)19)26-12-5-8-14(9-6-12)27(23,24)25/h1-11H,(H,23,24,25). The van der Waals surface area contributed by atoms with Gasteiger partial charge in [0, 0.05) is 32.0 Å². The zero-order valence-electron chi connectivity index (χ0n) is 13.7. The summed E-state index contributed by atoms with van der Waals surface area (Å²) < 4.78 is 31.3. The zero-order chi connectivity index (χ0) is 19.2. The van der Waals surface area contributed by atoms with Crippen molar-refractivity contribution in [3.8, 4) is 0 Å². The Morgan fingerprint density at radius 1 is 0.667 bits per heavy atom. The third kappa shape index (κ3) is 3.21. The molecular weight excluding hydrogens is 384 g/mol. The minimum absolute atomic E-state index is 0.172. The van der Waals surface area contributed by atoms with Crippen LogP contribution in [-0.4, -0.2) is 24.5 Å². The van der Waals surface area contributed by atoms with Gasteiger partial charge in [-0.25, -0.2) is 0 Å². The van der Waals surface area contributed by atoms with Crippen molar-refractivity contribution in [2.75, 3.05) is 0 Å². The average molecular weight is 396 g/mol. The highest BCUT2D eigenvalue weighted by molar-refractivity contribution is 7.99. The van der Waals surface area contributed by atoms with Crippen LogP contribution in [0.25, 0.3) is 0 Å². The van der Waals surface area contributed by atoms with E-state index in [4.69, 9.17) is 4.55 Å². The Hall–Kier alpha value is -2.74. The van der Waals surface area contributed by atoms with Gasteiger partial charge in [0.05, 0.1) is 4.90 Å². The lowest BCUT2D eigenvalue weighted by atomic mass is 9.84. The Morgan fingerprint density at radius 3 is 1.78 bits per heavy atom. The molecule has 0 aromatic heterocycles. The molecule has 4 rings (SSSR count). The van der Waals surface area contributed by atoms with E-state index in [0.29, 0.717) is 22.3 Å². The van der Waals surface area contributed by atoms with Crippen molar-refractivity contribution in [2.45, 2.75) is 14.7 Å². The predicted molar refractivity (Wildman–Crippen MR) is 100 cm³/mol. The molecule has 3 aromatic carbocycles. The second kappa shape index (κ2) is 6.45. The summed E-state index contributed by atoms with van der Waals surface area (Å²) in [5.41, 5.74) is 1.55. The zero-order valence-corrected chi connectivity index (χ0v) is 15.4. The van der Waals surface area contributed by atoms with Crippen LogP contribution >= 0.6 is 11.8 Å². The topological polar surface area (TPSA) is 88.5 Å². The smallest absolute Gasteiger partial charge is 0.289 e.